The molecule has 0 aliphatic carbocycles. The smallest absolute Gasteiger partial charge is 0.287 e. The molecule has 1 aromatic carbocycles. The van der Waals surface area contributed by atoms with Crippen LogP contribution in [0.4, 0.5) is 0 Å². The van der Waals surface area contributed by atoms with Crippen LogP contribution in [0.5, 0.6) is 0 Å². The zero-order valence-electron chi connectivity index (χ0n) is 14.9. The van der Waals surface area contributed by atoms with Crippen molar-refractivity contribution in [2.24, 2.45) is 0 Å². The van der Waals surface area contributed by atoms with E-state index in [-0.39, 0.29) is 24.1 Å². The van der Waals surface area contributed by atoms with Gasteiger partial charge in [0, 0.05) is 12.1 Å². The molecule has 3 rings (SSSR count). The molecule has 1 aliphatic rings. The molecule has 6 heteroatoms. The highest BCUT2D eigenvalue weighted by atomic mass is 16.3. The summed E-state index contributed by atoms with van der Waals surface area (Å²) in [6.45, 7) is 3.85. The van der Waals surface area contributed by atoms with E-state index in [4.69, 9.17) is 4.42 Å². The molecule has 0 saturated carbocycles. The van der Waals surface area contributed by atoms with E-state index in [1.807, 2.05) is 12.1 Å². The van der Waals surface area contributed by atoms with Gasteiger partial charge in [-0.2, -0.15) is 0 Å². The van der Waals surface area contributed by atoms with E-state index in [2.05, 4.69) is 22.8 Å². The first-order chi connectivity index (χ1) is 12.7. The second kappa shape index (κ2) is 9.20. The molecule has 138 valence electrons. The maximum absolute atomic E-state index is 12.0. The topological polar surface area (TPSA) is 75.8 Å². The molecule has 1 saturated heterocycles. The second-order valence-electron chi connectivity index (χ2n) is 6.69. The van der Waals surface area contributed by atoms with E-state index in [1.54, 1.807) is 17.0 Å². The first-order valence-corrected chi connectivity index (χ1v) is 9.21. The Morgan fingerprint density at radius 2 is 1.73 bits per heavy atom. The molecule has 6 nitrogen and oxygen atoms in total. The number of nitrogens with one attached hydrogen (secondary N) is 3. The summed E-state index contributed by atoms with van der Waals surface area (Å²) in [5, 5.41) is 5.44. The third-order valence-electron chi connectivity index (χ3n) is 4.75. The third kappa shape index (κ3) is 5.20. The Hall–Kier alpha value is -2.60. The van der Waals surface area contributed by atoms with Crippen LogP contribution in [0.25, 0.3) is 0 Å². The minimum Gasteiger partial charge on any atom is -0.459 e. The van der Waals surface area contributed by atoms with Crippen molar-refractivity contribution in [1.29, 1.82) is 0 Å². The van der Waals surface area contributed by atoms with E-state index >= 15 is 0 Å². The van der Waals surface area contributed by atoms with Crippen molar-refractivity contribution in [2.75, 3.05) is 19.6 Å². The molecular weight excluding hydrogens is 330 g/mol. The molecule has 2 amide bonds. The zero-order valence-corrected chi connectivity index (χ0v) is 14.9. The summed E-state index contributed by atoms with van der Waals surface area (Å²) in [5.74, 6) is -0.406. The summed E-state index contributed by atoms with van der Waals surface area (Å²) in [4.78, 5) is 25.4. The van der Waals surface area contributed by atoms with Crippen LogP contribution in [0.15, 0.2) is 47.1 Å². The SMILES string of the molecule is O=C(CNC(=O)c1ccco1)NCc1ccccc1C[NH+]1CCCCC1. The lowest BCUT2D eigenvalue weighted by atomic mass is 10.0. The van der Waals surface area contributed by atoms with Crippen molar-refractivity contribution in [3.05, 3.63) is 59.5 Å². The largest absolute Gasteiger partial charge is 0.459 e. The normalized spacial score (nSPS) is 14.8. The molecule has 0 atom stereocenters. The standard InChI is InChI=1S/C20H25N3O3/c24-19(14-22-20(25)18-9-6-12-26-18)21-13-16-7-2-3-8-17(16)15-23-10-4-1-5-11-23/h2-3,6-9,12H,1,4-5,10-11,13-15H2,(H,21,24)(H,22,25)/p+1. The quantitative estimate of drug-likeness (QED) is 0.690. The fraction of sp³-hybridized carbons (Fsp3) is 0.400. The number of piperidine rings is 1. The predicted octanol–water partition coefficient (Wildman–Crippen LogP) is 0.895. The Kier molecular flexibility index (Phi) is 6.44. The summed E-state index contributed by atoms with van der Waals surface area (Å²) in [6, 6.07) is 11.4. The number of carbonyl (C=O) groups is 2. The maximum Gasteiger partial charge on any atom is 0.287 e. The molecule has 3 N–H and O–H groups in total. The number of benzene rings is 1. The Labute approximate surface area is 153 Å². The molecule has 1 aliphatic heterocycles. The predicted molar refractivity (Wildman–Crippen MR) is 97.6 cm³/mol. The second-order valence-corrected chi connectivity index (χ2v) is 6.69. The highest BCUT2D eigenvalue weighted by Crippen LogP contribution is 2.08. The van der Waals surface area contributed by atoms with Gasteiger partial charge in [-0.25, -0.2) is 0 Å². The Morgan fingerprint density at radius 1 is 0.962 bits per heavy atom. The molecule has 1 fully saturated rings. The molecule has 26 heavy (non-hydrogen) atoms. The van der Waals surface area contributed by atoms with E-state index in [0.717, 1.165) is 12.1 Å². The fourth-order valence-electron chi connectivity index (χ4n) is 3.31. The minimum atomic E-state index is -0.390. The van der Waals surface area contributed by atoms with Crippen LogP contribution in [0.1, 0.15) is 40.9 Å². The average Bonchev–Trinajstić information content (AvgIpc) is 3.21. The molecule has 1 aromatic heterocycles. The van der Waals surface area contributed by atoms with Crippen molar-refractivity contribution < 1.29 is 18.9 Å². The van der Waals surface area contributed by atoms with Gasteiger partial charge in [0.1, 0.15) is 6.54 Å². The molecule has 2 heterocycles. The van der Waals surface area contributed by atoms with Crippen LogP contribution in [0.3, 0.4) is 0 Å². The van der Waals surface area contributed by atoms with E-state index in [9.17, 15) is 9.59 Å². The van der Waals surface area contributed by atoms with Crippen molar-refractivity contribution in [3.63, 3.8) is 0 Å². The Morgan fingerprint density at radius 3 is 2.46 bits per heavy atom. The lowest BCUT2D eigenvalue weighted by Gasteiger charge is -2.24. The summed E-state index contributed by atoms with van der Waals surface area (Å²) >= 11 is 0. The van der Waals surface area contributed by atoms with E-state index in [0.29, 0.717) is 6.54 Å². The van der Waals surface area contributed by atoms with Gasteiger partial charge in [-0.1, -0.05) is 24.3 Å². The molecule has 2 aromatic rings. The van der Waals surface area contributed by atoms with Gasteiger partial charge in [0.2, 0.25) is 5.91 Å². The van der Waals surface area contributed by atoms with Gasteiger partial charge in [0.15, 0.2) is 5.76 Å². The number of furan rings is 1. The van der Waals surface area contributed by atoms with Crippen LogP contribution < -0.4 is 15.5 Å². The lowest BCUT2D eigenvalue weighted by Crippen LogP contribution is -3.11. The van der Waals surface area contributed by atoms with Crippen molar-refractivity contribution in [2.45, 2.75) is 32.4 Å². The molecule has 0 spiro atoms. The third-order valence-corrected chi connectivity index (χ3v) is 4.75. The molecular formula is C20H26N3O3+. The number of rotatable bonds is 7. The van der Waals surface area contributed by atoms with Gasteiger partial charge in [-0.15, -0.1) is 0 Å². The van der Waals surface area contributed by atoms with Crippen LogP contribution in [-0.2, 0) is 17.9 Å². The summed E-state index contributed by atoms with van der Waals surface area (Å²) in [6.07, 6.45) is 5.36. The summed E-state index contributed by atoms with van der Waals surface area (Å²) in [5.41, 5.74) is 2.42. The number of hydrogen-bond donors (Lipinski definition) is 3. The first kappa shape index (κ1) is 18.2. The number of quaternary nitrogens is 1. The zero-order chi connectivity index (χ0) is 18.2. The van der Waals surface area contributed by atoms with Crippen molar-refractivity contribution in [3.8, 4) is 0 Å². The van der Waals surface area contributed by atoms with Gasteiger partial charge in [0.25, 0.3) is 5.91 Å². The lowest BCUT2D eigenvalue weighted by molar-refractivity contribution is -0.918. The number of carbonyl (C=O) groups excluding carboxylic acids is 2. The molecule has 0 radical (unpaired) electrons. The maximum atomic E-state index is 12.0. The van der Waals surface area contributed by atoms with Gasteiger partial charge in [0.05, 0.1) is 25.9 Å². The fourth-order valence-corrected chi connectivity index (χ4v) is 3.31. The van der Waals surface area contributed by atoms with Crippen LogP contribution >= 0.6 is 0 Å². The van der Waals surface area contributed by atoms with E-state index in [1.165, 1.54) is 44.2 Å². The van der Waals surface area contributed by atoms with Gasteiger partial charge in [-0.05, 0) is 37.0 Å². The van der Waals surface area contributed by atoms with Gasteiger partial charge >= 0.3 is 0 Å². The highest BCUT2D eigenvalue weighted by molar-refractivity contribution is 5.94. The van der Waals surface area contributed by atoms with E-state index < -0.39 is 0 Å². The van der Waals surface area contributed by atoms with Gasteiger partial charge in [-0.3, -0.25) is 9.59 Å². The van der Waals surface area contributed by atoms with Crippen LogP contribution in [-0.4, -0.2) is 31.4 Å². The van der Waals surface area contributed by atoms with Crippen molar-refractivity contribution >= 4 is 11.8 Å². The van der Waals surface area contributed by atoms with Crippen molar-refractivity contribution in [1.82, 2.24) is 10.6 Å². The summed E-state index contributed by atoms with van der Waals surface area (Å²) in [7, 11) is 0. The van der Waals surface area contributed by atoms with Gasteiger partial charge < -0.3 is 20.0 Å². The highest BCUT2D eigenvalue weighted by Gasteiger charge is 2.16. The monoisotopic (exact) mass is 356 g/mol. The Balaban J connectivity index is 1.47. The van der Waals surface area contributed by atoms with Crippen LogP contribution in [0.2, 0.25) is 0 Å². The molecule has 0 bridgehead atoms. The average molecular weight is 356 g/mol. The number of amides is 2. The molecule has 0 unspecified atom stereocenters. The van der Waals surface area contributed by atoms with Crippen LogP contribution in [0, 0.1) is 0 Å². The summed E-state index contributed by atoms with van der Waals surface area (Å²) < 4.78 is 5.00. The minimum absolute atomic E-state index is 0.0704. The number of likely N-dealkylation sites (tertiary alicyclic amines) is 1. The number of hydrogen-bond acceptors (Lipinski definition) is 3. The Bertz CT molecular complexity index is 722. The first-order valence-electron chi connectivity index (χ1n) is 9.21.